The van der Waals surface area contributed by atoms with E-state index in [1.54, 1.807) is 0 Å². The second-order valence-corrected chi connectivity index (χ2v) is 9.08. The van der Waals surface area contributed by atoms with Gasteiger partial charge in [0.05, 0.1) is 14.1 Å². The number of nitrogens with two attached hydrogens (primary N) is 2. The molecule has 0 aliphatic heterocycles. The van der Waals surface area contributed by atoms with Gasteiger partial charge < -0.3 is 11.5 Å². The maximum absolute atomic E-state index is 10.5. The summed E-state index contributed by atoms with van der Waals surface area (Å²) in [6.45, 7) is 6.66. The fourth-order valence-corrected chi connectivity index (χ4v) is 1.53. The highest BCUT2D eigenvalue weighted by molar-refractivity contribution is 6.80. The summed E-state index contributed by atoms with van der Waals surface area (Å²) < 4.78 is 0. The van der Waals surface area contributed by atoms with Crippen molar-refractivity contribution in [2.45, 2.75) is 32.1 Å². The van der Waals surface area contributed by atoms with Crippen molar-refractivity contribution in [2.75, 3.05) is 0 Å². The van der Waals surface area contributed by atoms with Gasteiger partial charge in [0.2, 0.25) is 5.91 Å². The Labute approximate surface area is 74.8 Å². The van der Waals surface area contributed by atoms with E-state index in [0.717, 1.165) is 0 Å². The van der Waals surface area contributed by atoms with Crippen LogP contribution in [0.4, 0.5) is 0 Å². The van der Waals surface area contributed by atoms with Crippen LogP contribution in [0.2, 0.25) is 19.6 Å². The molecular formula is C8H18N2OSi. The normalized spacial score (nSPS) is 15.0. The second kappa shape index (κ2) is 4.42. The smallest absolute Gasteiger partial charge is 0.234 e. The number of rotatable bonds is 4. The maximum Gasteiger partial charge on any atom is 0.234 e. The SMILES string of the molecule is C[Si](C)(C)/C=C\CC(N)C(N)=O. The molecule has 3 nitrogen and oxygen atoms in total. The van der Waals surface area contributed by atoms with Crippen LogP contribution in [0, 0.1) is 0 Å². The highest BCUT2D eigenvalue weighted by Crippen LogP contribution is 2.03. The van der Waals surface area contributed by atoms with Gasteiger partial charge in [-0.05, 0) is 6.42 Å². The number of amides is 1. The van der Waals surface area contributed by atoms with Gasteiger partial charge in [-0.15, -0.1) is 0 Å². The molecule has 1 amide bonds. The number of primary amides is 1. The van der Waals surface area contributed by atoms with Crippen molar-refractivity contribution < 1.29 is 4.79 Å². The molecule has 12 heavy (non-hydrogen) atoms. The molecule has 1 atom stereocenters. The van der Waals surface area contributed by atoms with E-state index in [9.17, 15) is 4.79 Å². The van der Waals surface area contributed by atoms with Crippen LogP contribution in [-0.4, -0.2) is 20.0 Å². The van der Waals surface area contributed by atoms with Gasteiger partial charge in [-0.25, -0.2) is 0 Å². The van der Waals surface area contributed by atoms with Gasteiger partial charge >= 0.3 is 0 Å². The van der Waals surface area contributed by atoms with Crippen LogP contribution in [-0.2, 0) is 4.79 Å². The first-order valence-electron chi connectivity index (χ1n) is 4.05. The van der Waals surface area contributed by atoms with Gasteiger partial charge in [0.25, 0.3) is 0 Å². The molecular weight excluding hydrogens is 168 g/mol. The third-order valence-electron chi connectivity index (χ3n) is 1.37. The van der Waals surface area contributed by atoms with E-state index in [0.29, 0.717) is 6.42 Å². The Morgan fingerprint density at radius 3 is 2.33 bits per heavy atom. The Hall–Kier alpha value is -0.613. The molecule has 0 saturated heterocycles. The van der Waals surface area contributed by atoms with E-state index in [1.807, 2.05) is 6.08 Å². The molecule has 0 aromatic heterocycles. The zero-order valence-corrected chi connectivity index (χ0v) is 9.00. The van der Waals surface area contributed by atoms with Crippen LogP contribution < -0.4 is 11.5 Å². The second-order valence-electron chi connectivity index (χ2n) is 4.01. The summed E-state index contributed by atoms with van der Waals surface area (Å²) >= 11 is 0. The van der Waals surface area contributed by atoms with Crippen molar-refractivity contribution >= 4 is 14.0 Å². The van der Waals surface area contributed by atoms with Crippen LogP contribution in [0.25, 0.3) is 0 Å². The summed E-state index contributed by atoms with van der Waals surface area (Å²) in [6.07, 6.45) is 2.52. The first-order chi connectivity index (χ1) is 5.33. The van der Waals surface area contributed by atoms with E-state index < -0.39 is 20.0 Å². The molecule has 0 spiro atoms. The van der Waals surface area contributed by atoms with Gasteiger partial charge in [-0.1, -0.05) is 31.4 Å². The quantitative estimate of drug-likeness (QED) is 0.632. The molecule has 0 aliphatic rings. The van der Waals surface area contributed by atoms with Crippen molar-refractivity contribution in [2.24, 2.45) is 11.5 Å². The lowest BCUT2D eigenvalue weighted by Crippen LogP contribution is -2.35. The highest BCUT2D eigenvalue weighted by Gasteiger charge is 2.09. The molecule has 0 radical (unpaired) electrons. The largest absolute Gasteiger partial charge is 0.368 e. The van der Waals surface area contributed by atoms with Gasteiger partial charge in [0, 0.05) is 0 Å². The minimum absolute atomic E-state index is 0.435. The standard InChI is InChI=1S/C8H18N2OSi/c1-12(2,3)6-4-5-7(9)8(10)11/h4,6-7H,5,9H2,1-3H3,(H2,10,11)/b6-4-. The van der Waals surface area contributed by atoms with Gasteiger partial charge in [-0.2, -0.15) is 0 Å². The third-order valence-corrected chi connectivity index (χ3v) is 2.61. The average molecular weight is 186 g/mol. The van der Waals surface area contributed by atoms with Crippen molar-refractivity contribution in [1.29, 1.82) is 0 Å². The van der Waals surface area contributed by atoms with E-state index >= 15 is 0 Å². The maximum atomic E-state index is 10.5. The Morgan fingerprint density at radius 2 is 2.00 bits per heavy atom. The molecule has 0 aromatic rings. The fraction of sp³-hybridized carbons (Fsp3) is 0.625. The molecule has 4 N–H and O–H groups in total. The molecule has 70 valence electrons. The van der Waals surface area contributed by atoms with Crippen LogP contribution >= 0.6 is 0 Å². The first-order valence-corrected chi connectivity index (χ1v) is 7.63. The fourth-order valence-electron chi connectivity index (χ4n) is 0.684. The molecule has 0 aliphatic carbocycles. The van der Waals surface area contributed by atoms with E-state index in [1.165, 1.54) is 0 Å². The predicted octanol–water partition coefficient (Wildman–Crippen LogP) is 0.623. The first kappa shape index (κ1) is 11.4. The lowest BCUT2D eigenvalue weighted by molar-refractivity contribution is -0.119. The summed E-state index contributed by atoms with van der Waals surface area (Å²) in [7, 11) is -1.15. The van der Waals surface area contributed by atoms with Crippen molar-refractivity contribution in [3.05, 3.63) is 11.8 Å². The molecule has 0 aromatic carbocycles. The van der Waals surface area contributed by atoms with Crippen molar-refractivity contribution in [3.63, 3.8) is 0 Å². The Morgan fingerprint density at radius 1 is 1.50 bits per heavy atom. The van der Waals surface area contributed by atoms with E-state index in [-0.39, 0.29) is 0 Å². The van der Waals surface area contributed by atoms with Crippen LogP contribution in [0.5, 0.6) is 0 Å². The van der Waals surface area contributed by atoms with Gasteiger partial charge in [0.15, 0.2) is 0 Å². The van der Waals surface area contributed by atoms with Gasteiger partial charge in [-0.3, -0.25) is 4.79 Å². The van der Waals surface area contributed by atoms with E-state index in [4.69, 9.17) is 11.5 Å². The Bertz CT molecular complexity index is 184. The predicted molar refractivity (Wildman–Crippen MR) is 54.3 cm³/mol. The molecule has 0 bridgehead atoms. The molecule has 0 heterocycles. The van der Waals surface area contributed by atoms with Gasteiger partial charge in [0.1, 0.15) is 0 Å². The van der Waals surface area contributed by atoms with E-state index in [2.05, 4.69) is 25.3 Å². The minimum Gasteiger partial charge on any atom is -0.368 e. The minimum atomic E-state index is -1.15. The molecule has 0 saturated carbocycles. The third kappa shape index (κ3) is 6.12. The Balaban J connectivity index is 3.83. The average Bonchev–Trinajstić information content (AvgIpc) is 1.84. The summed E-state index contributed by atoms with van der Waals surface area (Å²) in [5.41, 5.74) is 12.6. The van der Waals surface area contributed by atoms with Crippen LogP contribution in [0.15, 0.2) is 11.8 Å². The number of hydrogen-bond acceptors (Lipinski definition) is 2. The zero-order chi connectivity index (χ0) is 9.78. The van der Waals surface area contributed by atoms with Crippen LogP contribution in [0.3, 0.4) is 0 Å². The summed E-state index contributed by atoms with van der Waals surface area (Å²) in [6, 6.07) is -0.530. The molecule has 1 unspecified atom stereocenters. The number of carbonyl (C=O) groups is 1. The lowest BCUT2D eigenvalue weighted by Gasteiger charge is -2.09. The highest BCUT2D eigenvalue weighted by atomic mass is 28.3. The molecule has 4 heteroatoms. The zero-order valence-electron chi connectivity index (χ0n) is 8.00. The van der Waals surface area contributed by atoms with Crippen molar-refractivity contribution in [3.8, 4) is 0 Å². The number of hydrogen-bond donors (Lipinski definition) is 2. The monoisotopic (exact) mass is 186 g/mol. The Kier molecular flexibility index (Phi) is 4.20. The summed E-state index contributed by atoms with van der Waals surface area (Å²) in [5.74, 6) is -0.435. The van der Waals surface area contributed by atoms with Crippen LogP contribution in [0.1, 0.15) is 6.42 Å². The summed E-state index contributed by atoms with van der Waals surface area (Å²) in [5, 5.41) is 0. The molecule has 0 rings (SSSR count). The number of carbonyl (C=O) groups excluding carboxylic acids is 1. The summed E-state index contributed by atoms with van der Waals surface area (Å²) in [4.78, 5) is 10.5. The molecule has 0 fully saturated rings. The lowest BCUT2D eigenvalue weighted by atomic mass is 10.2. The topological polar surface area (TPSA) is 69.1 Å². The van der Waals surface area contributed by atoms with Crippen molar-refractivity contribution in [1.82, 2.24) is 0 Å².